The molecule has 0 saturated carbocycles. The van der Waals surface area contributed by atoms with Gasteiger partial charge in [-0.05, 0) is 17.8 Å². The highest BCUT2D eigenvalue weighted by Crippen LogP contribution is 2.16. The van der Waals surface area contributed by atoms with Crippen molar-refractivity contribution in [3.8, 4) is 5.75 Å². The molecule has 0 aliphatic heterocycles. The number of ether oxygens (including phenoxy) is 1. The summed E-state index contributed by atoms with van der Waals surface area (Å²) in [7, 11) is 1.64. The van der Waals surface area contributed by atoms with Gasteiger partial charge in [-0.15, -0.1) is 0 Å². The lowest BCUT2D eigenvalue weighted by molar-refractivity contribution is 0.411. The minimum Gasteiger partial charge on any atom is -0.496 e. The largest absolute Gasteiger partial charge is 0.496 e. The number of hydrogen-bond acceptors (Lipinski definition) is 2. The minimum absolute atomic E-state index is 0.643. The quantitative estimate of drug-likeness (QED) is 0.654. The van der Waals surface area contributed by atoms with Gasteiger partial charge in [-0.1, -0.05) is 18.2 Å². The fourth-order valence-electron chi connectivity index (χ4n) is 0.982. The monoisotopic (exact) mass is 149 g/mol. The van der Waals surface area contributed by atoms with E-state index in [-0.39, 0.29) is 0 Å². The van der Waals surface area contributed by atoms with Gasteiger partial charge in [0.25, 0.3) is 0 Å². The van der Waals surface area contributed by atoms with Crippen molar-refractivity contribution < 1.29 is 4.74 Å². The van der Waals surface area contributed by atoms with E-state index in [9.17, 15) is 0 Å². The predicted octanol–water partition coefficient (Wildman–Crippen LogP) is 1.89. The SMILES string of the molecule is COc1ccccc1CC=N. The average Bonchev–Trinajstić information content (AvgIpc) is 2.06. The highest BCUT2D eigenvalue weighted by Gasteiger charge is 1.97. The van der Waals surface area contributed by atoms with E-state index in [0.29, 0.717) is 6.42 Å². The van der Waals surface area contributed by atoms with Crippen LogP contribution in [0.5, 0.6) is 5.75 Å². The zero-order valence-electron chi connectivity index (χ0n) is 6.50. The second-order valence-electron chi connectivity index (χ2n) is 2.22. The summed E-state index contributed by atoms with van der Waals surface area (Å²) in [5, 5.41) is 6.93. The second-order valence-corrected chi connectivity index (χ2v) is 2.22. The third kappa shape index (κ3) is 1.80. The first-order valence-electron chi connectivity index (χ1n) is 3.49. The molecule has 1 aromatic carbocycles. The van der Waals surface area contributed by atoms with Crippen LogP contribution in [0.25, 0.3) is 0 Å². The van der Waals surface area contributed by atoms with Crippen LogP contribution < -0.4 is 4.74 Å². The van der Waals surface area contributed by atoms with E-state index >= 15 is 0 Å². The molecule has 58 valence electrons. The van der Waals surface area contributed by atoms with Gasteiger partial charge >= 0.3 is 0 Å². The van der Waals surface area contributed by atoms with Crippen LogP contribution >= 0.6 is 0 Å². The van der Waals surface area contributed by atoms with Gasteiger partial charge in [-0.25, -0.2) is 0 Å². The first-order valence-corrected chi connectivity index (χ1v) is 3.49. The fourth-order valence-corrected chi connectivity index (χ4v) is 0.982. The van der Waals surface area contributed by atoms with Gasteiger partial charge < -0.3 is 10.1 Å². The van der Waals surface area contributed by atoms with E-state index in [1.54, 1.807) is 7.11 Å². The maximum Gasteiger partial charge on any atom is 0.122 e. The molecule has 11 heavy (non-hydrogen) atoms. The highest BCUT2D eigenvalue weighted by atomic mass is 16.5. The van der Waals surface area contributed by atoms with E-state index in [1.807, 2.05) is 24.3 Å². The van der Waals surface area contributed by atoms with Crippen LogP contribution in [-0.2, 0) is 6.42 Å². The lowest BCUT2D eigenvalue weighted by Crippen LogP contribution is -1.91. The van der Waals surface area contributed by atoms with E-state index in [0.717, 1.165) is 11.3 Å². The maximum atomic E-state index is 6.93. The lowest BCUT2D eigenvalue weighted by atomic mass is 10.1. The average molecular weight is 149 g/mol. The Bertz CT molecular complexity index is 245. The van der Waals surface area contributed by atoms with Gasteiger partial charge in [-0.2, -0.15) is 0 Å². The number of para-hydroxylation sites is 1. The van der Waals surface area contributed by atoms with Crippen molar-refractivity contribution in [1.29, 1.82) is 5.41 Å². The van der Waals surface area contributed by atoms with Gasteiger partial charge in [-0.3, -0.25) is 0 Å². The fraction of sp³-hybridized carbons (Fsp3) is 0.222. The number of benzene rings is 1. The molecule has 0 radical (unpaired) electrons. The molecule has 0 aliphatic rings. The molecule has 2 heteroatoms. The topological polar surface area (TPSA) is 33.1 Å². The normalized spacial score (nSPS) is 9.18. The molecule has 0 unspecified atom stereocenters. The predicted molar refractivity (Wildman–Crippen MR) is 45.5 cm³/mol. The molecule has 2 nitrogen and oxygen atoms in total. The van der Waals surface area contributed by atoms with Crippen molar-refractivity contribution in [3.63, 3.8) is 0 Å². The molecular weight excluding hydrogens is 138 g/mol. The van der Waals surface area contributed by atoms with Crippen molar-refractivity contribution in [2.45, 2.75) is 6.42 Å². The summed E-state index contributed by atoms with van der Waals surface area (Å²) >= 11 is 0. The van der Waals surface area contributed by atoms with Crippen LogP contribution in [0.4, 0.5) is 0 Å². The molecule has 0 aliphatic carbocycles. The molecular formula is C9H11NO. The van der Waals surface area contributed by atoms with Crippen molar-refractivity contribution in [3.05, 3.63) is 29.8 Å². The van der Waals surface area contributed by atoms with Crippen molar-refractivity contribution in [2.75, 3.05) is 7.11 Å². The Morgan fingerprint density at radius 3 is 2.82 bits per heavy atom. The number of methoxy groups -OCH3 is 1. The molecule has 1 aromatic rings. The Morgan fingerprint density at radius 2 is 2.18 bits per heavy atom. The summed E-state index contributed by atoms with van der Waals surface area (Å²) in [5.74, 6) is 0.857. The lowest BCUT2D eigenvalue weighted by Gasteiger charge is -2.03. The molecule has 0 fully saturated rings. The van der Waals surface area contributed by atoms with Crippen LogP contribution in [0, 0.1) is 5.41 Å². The molecule has 0 atom stereocenters. The third-order valence-corrected chi connectivity index (χ3v) is 1.51. The first kappa shape index (κ1) is 7.79. The van der Waals surface area contributed by atoms with Gasteiger partial charge in [0.15, 0.2) is 0 Å². The molecule has 0 amide bonds. The number of rotatable bonds is 3. The van der Waals surface area contributed by atoms with Gasteiger partial charge in [0.2, 0.25) is 0 Å². The minimum atomic E-state index is 0.643. The van der Waals surface area contributed by atoms with Gasteiger partial charge in [0, 0.05) is 6.42 Å². The Balaban J connectivity index is 2.92. The zero-order valence-corrected chi connectivity index (χ0v) is 6.50. The first-order chi connectivity index (χ1) is 5.38. The van der Waals surface area contributed by atoms with Crippen LogP contribution in [0.1, 0.15) is 5.56 Å². The van der Waals surface area contributed by atoms with Crippen LogP contribution in [-0.4, -0.2) is 13.3 Å². The second kappa shape index (κ2) is 3.76. The molecule has 0 spiro atoms. The zero-order chi connectivity index (χ0) is 8.10. The van der Waals surface area contributed by atoms with E-state index in [2.05, 4.69) is 0 Å². The Morgan fingerprint density at radius 1 is 1.45 bits per heavy atom. The molecule has 0 bridgehead atoms. The summed E-state index contributed by atoms with van der Waals surface area (Å²) in [4.78, 5) is 0. The summed E-state index contributed by atoms with van der Waals surface area (Å²) < 4.78 is 5.09. The van der Waals surface area contributed by atoms with Crippen LogP contribution in [0.3, 0.4) is 0 Å². The van der Waals surface area contributed by atoms with Crippen LogP contribution in [0.15, 0.2) is 24.3 Å². The van der Waals surface area contributed by atoms with Crippen molar-refractivity contribution >= 4 is 6.21 Å². The van der Waals surface area contributed by atoms with E-state index in [1.165, 1.54) is 6.21 Å². The Hall–Kier alpha value is -1.31. The standard InChI is InChI=1S/C9H11NO/c1-11-9-5-3-2-4-8(9)6-7-10/h2-5,7,10H,6H2,1H3. The maximum absolute atomic E-state index is 6.93. The highest BCUT2D eigenvalue weighted by molar-refractivity contribution is 5.59. The smallest absolute Gasteiger partial charge is 0.122 e. The number of nitrogens with one attached hydrogen (secondary N) is 1. The summed E-state index contributed by atoms with van der Waals surface area (Å²) in [6.07, 6.45) is 2.02. The van der Waals surface area contributed by atoms with E-state index < -0.39 is 0 Å². The molecule has 0 heterocycles. The van der Waals surface area contributed by atoms with Crippen molar-refractivity contribution in [2.24, 2.45) is 0 Å². The van der Waals surface area contributed by atoms with E-state index in [4.69, 9.17) is 10.1 Å². The molecule has 1 N–H and O–H groups in total. The number of hydrogen-bond donors (Lipinski definition) is 1. The molecule has 1 rings (SSSR count). The van der Waals surface area contributed by atoms with Gasteiger partial charge in [0.05, 0.1) is 7.11 Å². The summed E-state index contributed by atoms with van der Waals surface area (Å²) in [6.45, 7) is 0. The Kier molecular flexibility index (Phi) is 2.66. The van der Waals surface area contributed by atoms with Crippen LogP contribution in [0.2, 0.25) is 0 Å². The summed E-state index contributed by atoms with van der Waals surface area (Å²) in [5.41, 5.74) is 1.06. The summed E-state index contributed by atoms with van der Waals surface area (Å²) in [6, 6.07) is 7.73. The molecule has 0 aromatic heterocycles. The van der Waals surface area contributed by atoms with Crippen molar-refractivity contribution in [1.82, 2.24) is 0 Å². The molecule has 0 saturated heterocycles. The third-order valence-electron chi connectivity index (χ3n) is 1.51. The Labute approximate surface area is 66.3 Å². The van der Waals surface area contributed by atoms with Gasteiger partial charge in [0.1, 0.15) is 5.75 Å².